The number of ether oxygens (including phenoxy) is 2. The van der Waals surface area contributed by atoms with Crippen LogP contribution in [-0.4, -0.2) is 32.7 Å². The van der Waals surface area contributed by atoms with Gasteiger partial charge in [-0.2, -0.15) is 0 Å². The molecule has 0 bridgehead atoms. The highest BCUT2D eigenvalue weighted by molar-refractivity contribution is 5.60. The first kappa shape index (κ1) is 21.6. The summed E-state index contributed by atoms with van der Waals surface area (Å²) in [5, 5.41) is 3.22. The zero-order valence-electron chi connectivity index (χ0n) is 18.5. The van der Waals surface area contributed by atoms with Gasteiger partial charge in [0.15, 0.2) is 11.6 Å². The molecule has 0 radical (unpaired) electrons. The van der Waals surface area contributed by atoms with E-state index in [2.05, 4.69) is 20.3 Å². The van der Waals surface area contributed by atoms with E-state index in [1.165, 1.54) is 22.9 Å². The van der Waals surface area contributed by atoms with E-state index in [9.17, 15) is 9.18 Å². The summed E-state index contributed by atoms with van der Waals surface area (Å²) in [5.74, 6) is 2.53. The molecule has 0 unspecified atom stereocenters. The number of halogens is 1. The predicted molar refractivity (Wildman–Crippen MR) is 125 cm³/mol. The number of fused-ring (bicyclic) bond motifs is 1. The molecule has 3 aromatic heterocycles. The second-order valence-corrected chi connectivity index (χ2v) is 7.85. The molecular weight excluding hydrogens is 437 g/mol. The number of rotatable bonds is 5. The molecular formula is C25H22FN5O3. The van der Waals surface area contributed by atoms with Gasteiger partial charge in [0.1, 0.15) is 17.4 Å². The van der Waals surface area contributed by atoms with Crippen molar-refractivity contribution < 1.29 is 13.9 Å². The molecule has 1 N–H and O–H groups in total. The van der Waals surface area contributed by atoms with Gasteiger partial charge in [-0.05, 0) is 36.2 Å². The number of hydrogen-bond donors (Lipinski definition) is 1. The number of pyridine rings is 2. The third-order valence-electron chi connectivity index (χ3n) is 5.51. The van der Waals surface area contributed by atoms with Gasteiger partial charge < -0.3 is 14.8 Å². The monoisotopic (exact) mass is 459 g/mol. The SMILES string of the molecule is Cn1c(Cc2ccc(F)cc2)ncc(-c2ccc(Oc3ccnc4c3OCCCN4)cn2)c1=O. The Morgan fingerprint density at radius 3 is 2.74 bits per heavy atom. The normalized spacial score (nSPS) is 12.8. The second kappa shape index (κ2) is 9.30. The van der Waals surface area contributed by atoms with Crippen molar-refractivity contribution in [1.29, 1.82) is 0 Å². The molecule has 4 heterocycles. The molecule has 0 spiro atoms. The molecule has 34 heavy (non-hydrogen) atoms. The van der Waals surface area contributed by atoms with Crippen molar-refractivity contribution in [1.82, 2.24) is 19.5 Å². The lowest BCUT2D eigenvalue weighted by Gasteiger charge is -2.13. The van der Waals surface area contributed by atoms with Crippen LogP contribution in [0.2, 0.25) is 0 Å². The Kier molecular flexibility index (Phi) is 5.90. The van der Waals surface area contributed by atoms with Gasteiger partial charge >= 0.3 is 0 Å². The standard InChI is InChI=1S/C25H22FN5O3/c1-31-22(13-16-3-5-17(26)6-4-16)30-15-19(25(31)32)20-8-7-18(14-29-20)34-21-9-11-28-24-23(21)33-12-2-10-27-24/h3-9,11,14-15H,2,10,12-13H2,1H3,(H,27,28). The van der Waals surface area contributed by atoms with Crippen molar-refractivity contribution in [2.45, 2.75) is 12.8 Å². The second-order valence-electron chi connectivity index (χ2n) is 7.85. The summed E-state index contributed by atoms with van der Waals surface area (Å²) >= 11 is 0. The molecule has 0 saturated carbocycles. The highest BCUT2D eigenvalue weighted by Gasteiger charge is 2.17. The first-order valence-electron chi connectivity index (χ1n) is 10.9. The first-order valence-corrected chi connectivity index (χ1v) is 10.9. The Labute approximate surface area is 195 Å². The third kappa shape index (κ3) is 4.45. The van der Waals surface area contributed by atoms with Crippen molar-refractivity contribution in [2.75, 3.05) is 18.5 Å². The fraction of sp³-hybridized carbons (Fsp3) is 0.200. The maximum atomic E-state index is 13.2. The quantitative estimate of drug-likeness (QED) is 0.483. The van der Waals surface area contributed by atoms with Gasteiger partial charge in [-0.15, -0.1) is 0 Å². The van der Waals surface area contributed by atoms with Crippen molar-refractivity contribution in [3.8, 4) is 28.5 Å². The lowest BCUT2D eigenvalue weighted by Crippen LogP contribution is -2.24. The number of anilines is 1. The van der Waals surface area contributed by atoms with Crippen LogP contribution >= 0.6 is 0 Å². The zero-order valence-corrected chi connectivity index (χ0v) is 18.5. The Bertz CT molecular complexity index is 1370. The molecule has 1 aliphatic heterocycles. The molecule has 0 saturated heterocycles. The van der Waals surface area contributed by atoms with Crippen LogP contribution in [0.3, 0.4) is 0 Å². The number of nitrogens with zero attached hydrogens (tertiary/aromatic N) is 4. The Morgan fingerprint density at radius 1 is 1.09 bits per heavy atom. The van der Waals surface area contributed by atoms with Gasteiger partial charge in [-0.25, -0.2) is 14.4 Å². The summed E-state index contributed by atoms with van der Waals surface area (Å²) in [6, 6.07) is 11.3. The van der Waals surface area contributed by atoms with Gasteiger partial charge in [-0.1, -0.05) is 12.1 Å². The summed E-state index contributed by atoms with van der Waals surface area (Å²) in [7, 11) is 1.67. The Hall–Kier alpha value is -4.27. The average Bonchev–Trinajstić information content (AvgIpc) is 3.11. The minimum atomic E-state index is -0.303. The van der Waals surface area contributed by atoms with Crippen LogP contribution in [0.15, 0.2) is 65.8 Å². The van der Waals surface area contributed by atoms with Crippen LogP contribution in [0, 0.1) is 5.82 Å². The maximum absolute atomic E-state index is 13.2. The molecule has 4 aromatic rings. The molecule has 1 aromatic carbocycles. The lowest BCUT2D eigenvalue weighted by molar-refractivity contribution is 0.306. The van der Waals surface area contributed by atoms with E-state index in [0.29, 0.717) is 53.2 Å². The summed E-state index contributed by atoms with van der Waals surface area (Å²) in [4.78, 5) is 26.1. The predicted octanol–water partition coefficient (Wildman–Crippen LogP) is 3.95. The molecule has 1 aliphatic rings. The molecule has 9 heteroatoms. The zero-order chi connectivity index (χ0) is 23.5. The van der Waals surface area contributed by atoms with E-state index >= 15 is 0 Å². The lowest BCUT2D eigenvalue weighted by atomic mass is 10.1. The highest BCUT2D eigenvalue weighted by Crippen LogP contribution is 2.37. The number of aromatic nitrogens is 4. The third-order valence-corrected chi connectivity index (χ3v) is 5.51. The van der Waals surface area contributed by atoms with Gasteiger partial charge in [0.25, 0.3) is 5.56 Å². The molecule has 5 rings (SSSR count). The van der Waals surface area contributed by atoms with Crippen molar-refractivity contribution in [3.05, 3.63) is 88.6 Å². The minimum Gasteiger partial charge on any atom is -0.486 e. The maximum Gasteiger partial charge on any atom is 0.262 e. The number of hydrogen-bond acceptors (Lipinski definition) is 7. The van der Waals surface area contributed by atoms with Crippen LogP contribution in [0.5, 0.6) is 17.2 Å². The van der Waals surface area contributed by atoms with E-state index < -0.39 is 0 Å². The van der Waals surface area contributed by atoms with Crippen molar-refractivity contribution in [2.24, 2.45) is 7.05 Å². The van der Waals surface area contributed by atoms with E-state index in [1.807, 2.05) is 0 Å². The minimum absolute atomic E-state index is 0.216. The summed E-state index contributed by atoms with van der Waals surface area (Å²) in [6.45, 7) is 1.36. The average molecular weight is 459 g/mol. The van der Waals surface area contributed by atoms with E-state index in [0.717, 1.165) is 18.5 Å². The number of nitrogens with one attached hydrogen (secondary N) is 1. The number of benzene rings is 1. The molecule has 0 aliphatic carbocycles. The Balaban J connectivity index is 1.36. The van der Waals surface area contributed by atoms with Crippen LogP contribution in [0.4, 0.5) is 10.2 Å². The first-order chi connectivity index (χ1) is 16.6. The fourth-order valence-corrected chi connectivity index (χ4v) is 3.66. The van der Waals surface area contributed by atoms with E-state index in [4.69, 9.17) is 9.47 Å². The van der Waals surface area contributed by atoms with Crippen molar-refractivity contribution in [3.63, 3.8) is 0 Å². The van der Waals surface area contributed by atoms with Gasteiger partial charge in [-0.3, -0.25) is 14.3 Å². The summed E-state index contributed by atoms with van der Waals surface area (Å²) in [6.07, 6.45) is 6.02. The summed E-state index contributed by atoms with van der Waals surface area (Å²) < 4.78 is 26.4. The fourth-order valence-electron chi connectivity index (χ4n) is 3.66. The van der Waals surface area contributed by atoms with E-state index in [-0.39, 0.29) is 11.4 Å². The van der Waals surface area contributed by atoms with Crippen LogP contribution < -0.4 is 20.3 Å². The molecule has 172 valence electrons. The van der Waals surface area contributed by atoms with Crippen LogP contribution in [-0.2, 0) is 13.5 Å². The Morgan fingerprint density at radius 2 is 1.94 bits per heavy atom. The highest BCUT2D eigenvalue weighted by atomic mass is 19.1. The van der Waals surface area contributed by atoms with Gasteiger partial charge in [0.05, 0.1) is 24.1 Å². The molecule has 0 fully saturated rings. The van der Waals surface area contributed by atoms with E-state index in [1.54, 1.807) is 49.8 Å². The van der Waals surface area contributed by atoms with Crippen LogP contribution in [0.1, 0.15) is 17.8 Å². The summed E-state index contributed by atoms with van der Waals surface area (Å²) in [5.41, 5.74) is 1.51. The largest absolute Gasteiger partial charge is 0.486 e. The molecule has 0 amide bonds. The van der Waals surface area contributed by atoms with Crippen molar-refractivity contribution >= 4 is 5.82 Å². The topological polar surface area (TPSA) is 91.2 Å². The smallest absolute Gasteiger partial charge is 0.262 e. The molecule has 8 nitrogen and oxygen atoms in total. The van der Waals surface area contributed by atoms with Crippen LogP contribution in [0.25, 0.3) is 11.3 Å². The van der Waals surface area contributed by atoms with Gasteiger partial charge in [0.2, 0.25) is 5.75 Å². The molecule has 0 atom stereocenters. The van der Waals surface area contributed by atoms with Gasteiger partial charge in [0, 0.05) is 38.5 Å².